The molecular formula is C94H175O25P. The van der Waals surface area contributed by atoms with Gasteiger partial charge in [0.1, 0.15) is 92.6 Å². The van der Waals surface area contributed by atoms with E-state index in [4.69, 9.17) is 46.9 Å². The molecule has 19 unspecified atom stereocenters. The van der Waals surface area contributed by atoms with Crippen LogP contribution >= 0.6 is 7.82 Å². The molecule has 120 heavy (non-hydrogen) atoms. The van der Waals surface area contributed by atoms with Gasteiger partial charge in [-0.05, 0) is 57.3 Å². The molecule has 706 valence electrons. The van der Waals surface area contributed by atoms with Crippen LogP contribution < -0.4 is 0 Å². The average molecular weight is 1740 g/mol. The van der Waals surface area contributed by atoms with E-state index >= 15 is 0 Å². The third-order valence-electron chi connectivity index (χ3n) is 24.2. The van der Waals surface area contributed by atoms with E-state index in [0.717, 1.165) is 122 Å². The normalized spacial score (nSPS) is 25.0. The number of carbonyl (C=O) groups is 4. The van der Waals surface area contributed by atoms with Crippen molar-refractivity contribution in [2.24, 2.45) is 5.92 Å². The van der Waals surface area contributed by atoms with Crippen molar-refractivity contribution in [2.75, 3.05) is 26.4 Å². The Hall–Kier alpha value is -2.79. The summed E-state index contributed by atoms with van der Waals surface area (Å²) in [7, 11) is -5.81. The highest BCUT2D eigenvalue weighted by Gasteiger charge is 2.60. The number of phosphoric ester groups is 1. The summed E-state index contributed by atoms with van der Waals surface area (Å²) >= 11 is 0. The topological polar surface area (TPSA) is 380 Å². The van der Waals surface area contributed by atoms with Crippen LogP contribution in [0.2, 0.25) is 0 Å². The molecule has 3 aliphatic rings. The fourth-order valence-electron chi connectivity index (χ4n) is 16.3. The van der Waals surface area contributed by atoms with Crippen molar-refractivity contribution < 1.29 is 122 Å². The second-order valence-electron chi connectivity index (χ2n) is 35.2. The minimum atomic E-state index is -5.81. The molecule has 3 rings (SSSR count). The Labute approximate surface area is 724 Å². The van der Waals surface area contributed by atoms with Crippen molar-refractivity contribution >= 4 is 31.7 Å². The van der Waals surface area contributed by atoms with E-state index in [9.17, 15) is 74.6 Å². The maximum atomic E-state index is 14.9. The molecule has 0 bridgehead atoms. The number of hydrogen-bond donors (Lipinski definition) is 10. The number of rotatable bonds is 79. The fourth-order valence-corrected chi connectivity index (χ4v) is 17.3. The van der Waals surface area contributed by atoms with E-state index in [1.54, 1.807) is 0 Å². The first-order valence-electron chi connectivity index (χ1n) is 48.8. The number of aliphatic hydroxyl groups excluding tert-OH is 9. The number of ether oxygens (including phenoxy) is 8. The molecule has 10 N–H and O–H groups in total. The van der Waals surface area contributed by atoms with Crippen LogP contribution in [0.15, 0.2) is 12.2 Å². The Morgan fingerprint density at radius 3 is 1.08 bits per heavy atom. The molecule has 26 heteroatoms. The number of carbonyl (C=O) groups excluding carboxylic acids is 4. The van der Waals surface area contributed by atoms with Gasteiger partial charge in [0.15, 0.2) is 24.8 Å². The smallest absolute Gasteiger partial charge is 0.463 e. The Bertz CT molecular complexity index is 2550. The highest BCUT2D eigenvalue weighted by Crippen LogP contribution is 2.49. The molecule has 0 spiro atoms. The lowest BCUT2D eigenvalue weighted by molar-refractivity contribution is -0.360. The Morgan fingerprint density at radius 2 is 0.675 bits per heavy atom. The zero-order chi connectivity index (χ0) is 87.6. The predicted octanol–water partition coefficient (Wildman–Crippen LogP) is 18.6. The molecule has 2 heterocycles. The van der Waals surface area contributed by atoms with Crippen LogP contribution in [0.4, 0.5) is 0 Å². The van der Waals surface area contributed by atoms with Gasteiger partial charge in [-0.25, -0.2) is 4.57 Å². The molecule has 3 fully saturated rings. The Kier molecular flexibility index (Phi) is 67.0. The van der Waals surface area contributed by atoms with Gasteiger partial charge in [-0.1, -0.05) is 361 Å². The summed E-state index contributed by atoms with van der Waals surface area (Å²) in [5.41, 5.74) is 0. The SMILES string of the molecule is CCCCCCCC/C=C\CCCCCC(=O)OC(COC(=O)CCCCCCCCCCCCCCCCCC)COP(=O)(O)OC1C(OC2OC(CO)C(O)C(O)C2O)C(O)C(O)C(OC(=O)CCCCCCCCCCCCCCCCCC)C1OC1OC(COC(=O)CCCCCCCCC(C)CCCCCCCC)C(O)C(O)C1O. The molecule has 0 radical (unpaired) electrons. The van der Waals surface area contributed by atoms with E-state index in [-0.39, 0.29) is 25.7 Å². The number of esters is 4. The van der Waals surface area contributed by atoms with Crippen LogP contribution in [0.5, 0.6) is 0 Å². The van der Waals surface area contributed by atoms with Crippen molar-refractivity contribution in [3.63, 3.8) is 0 Å². The summed E-state index contributed by atoms with van der Waals surface area (Å²) in [6, 6.07) is 0. The Morgan fingerprint density at radius 1 is 0.350 bits per heavy atom. The third kappa shape index (κ3) is 51.9. The molecule has 1 aliphatic carbocycles. The number of phosphoric acid groups is 1. The van der Waals surface area contributed by atoms with Gasteiger partial charge in [0, 0.05) is 25.7 Å². The van der Waals surface area contributed by atoms with Crippen LogP contribution in [0.1, 0.15) is 426 Å². The molecule has 2 aliphatic heterocycles. The maximum Gasteiger partial charge on any atom is 0.472 e. The van der Waals surface area contributed by atoms with Gasteiger partial charge in [-0.3, -0.25) is 28.2 Å². The molecule has 0 aromatic rings. The minimum Gasteiger partial charge on any atom is -0.463 e. The molecule has 1 saturated carbocycles. The summed E-state index contributed by atoms with van der Waals surface area (Å²) in [6.07, 6.45) is 30.5. The van der Waals surface area contributed by atoms with E-state index in [2.05, 4.69) is 46.8 Å². The molecular weight excluding hydrogens is 1560 g/mol. The highest BCUT2D eigenvalue weighted by molar-refractivity contribution is 7.47. The van der Waals surface area contributed by atoms with E-state index < -0.39 is 162 Å². The molecule has 2 saturated heterocycles. The summed E-state index contributed by atoms with van der Waals surface area (Å²) in [4.78, 5) is 66.6. The van der Waals surface area contributed by atoms with Crippen LogP contribution in [0, 0.1) is 5.92 Å². The first kappa shape index (κ1) is 111. The fraction of sp³-hybridized carbons (Fsp3) is 0.936. The molecule has 0 aromatic heterocycles. The first-order chi connectivity index (χ1) is 58.1. The lowest BCUT2D eigenvalue weighted by Crippen LogP contribution is -2.70. The maximum absolute atomic E-state index is 14.9. The second kappa shape index (κ2) is 72.2. The lowest BCUT2D eigenvalue weighted by atomic mass is 9.84. The largest absolute Gasteiger partial charge is 0.472 e. The zero-order valence-corrected chi connectivity index (χ0v) is 76.4. The van der Waals surface area contributed by atoms with Gasteiger partial charge in [0.05, 0.1) is 13.2 Å². The number of aliphatic hydroxyl groups is 9. The van der Waals surface area contributed by atoms with Gasteiger partial charge in [0.2, 0.25) is 0 Å². The lowest BCUT2D eigenvalue weighted by Gasteiger charge is -2.50. The van der Waals surface area contributed by atoms with E-state index in [1.807, 2.05) is 0 Å². The highest BCUT2D eigenvalue weighted by atomic mass is 31.2. The van der Waals surface area contributed by atoms with Gasteiger partial charge in [-0.15, -0.1) is 0 Å². The van der Waals surface area contributed by atoms with Crippen molar-refractivity contribution in [2.45, 2.75) is 530 Å². The summed E-state index contributed by atoms with van der Waals surface area (Å²) in [6.45, 7) is 7.94. The quantitative estimate of drug-likeness (QED) is 0.00889. The van der Waals surface area contributed by atoms with Gasteiger partial charge < -0.3 is 88.7 Å². The standard InChI is InChI=1S/C94H175O25P/c1-6-10-14-18-22-25-28-31-33-35-38-40-43-46-53-59-65-77(96)110-70-74(113-79(98)67-61-55-47-44-41-37-30-27-24-20-16-12-8-3)71-112-120(108,109)119-92-90(117-93-87(106)83(102)81(100)75(69-95)114-93)86(105)85(104)89(116-80(99)68-62-56-48-45-42-39-36-34-32-29-26-23-19-15-11-7-2)91(92)118-94-88(107)84(103)82(101)76(115-94)72-111-78(97)66-60-54-50-49-52-58-64-73(5)63-57-51-21-17-13-9-4/h37,41,73-76,81-95,100-107H,6-36,38-40,42-72H2,1-5H3,(H,108,109)/b41-37-. The molecule has 19 atom stereocenters. The van der Waals surface area contributed by atoms with E-state index in [1.165, 1.54) is 205 Å². The van der Waals surface area contributed by atoms with Crippen molar-refractivity contribution in [3.8, 4) is 0 Å². The summed E-state index contributed by atoms with van der Waals surface area (Å²) < 4.78 is 73.6. The monoisotopic (exact) mass is 1740 g/mol. The van der Waals surface area contributed by atoms with Crippen LogP contribution in [-0.2, 0) is 70.7 Å². The third-order valence-corrected chi connectivity index (χ3v) is 25.2. The van der Waals surface area contributed by atoms with Gasteiger partial charge >= 0.3 is 31.7 Å². The first-order valence-corrected chi connectivity index (χ1v) is 50.3. The van der Waals surface area contributed by atoms with Gasteiger partial charge in [0.25, 0.3) is 0 Å². The van der Waals surface area contributed by atoms with Crippen LogP contribution in [0.25, 0.3) is 0 Å². The number of unbranched alkanes of at least 4 members (excludes halogenated alkanes) is 49. The second-order valence-corrected chi connectivity index (χ2v) is 36.6. The summed E-state index contributed by atoms with van der Waals surface area (Å²) in [5.74, 6) is -2.28. The predicted molar refractivity (Wildman–Crippen MR) is 467 cm³/mol. The van der Waals surface area contributed by atoms with Crippen molar-refractivity contribution in [1.82, 2.24) is 0 Å². The number of allylic oxidation sites excluding steroid dienone is 2. The Balaban J connectivity index is 1.91. The average Bonchev–Trinajstić information content (AvgIpc) is 0.753. The van der Waals surface area contributed by atoms with E-state index in [0.29, 0.717) is 44.4 Å². The molecule has 25 nitrogen and oxygen atoms in total. The van der Waals surface area contributed by atoms with Crippen LogP contribution in [-0.4, -0.2) is 205 Å². The minimum absolute atomic E-state index is 0.0156. The van der Waals surface area contributed by atoms with Crippen molar-refractivity contribution in [1.29, 1.82) is 0 Å². The zero-order valence-electron chi connectivity index (χ0n) is 75.6. The van der Waals surface area contributed by atoms with Crippen LogP contribution in [0.3, 0.4) is 0 Å². The van der Waals surface area contributed by atoms with Crippen molar-refractivity contribution in [3.05, 3.63) is 12.2 Å². The van der Waals surface area contributed by atoms with Gasteiger partial charge in [-0.2, -0.15) is 0 Å². The molecule has 0 aromatic carbocycles. The summed E-state index contributed by atoms with van der Waals surface area (Å²) in [5, 5.41) is 102. The molecule has 0 amide bonds. The number of hydrogen-bond acceptors (Lipinski definition) is 24.